The van der Waals surface area contributed by atoms with E-state index in [-0.39, 0.29) is 5.92 Å². The summed E-state index contributed by atoms with van der Waals surface area (Å²) in [6.45, 7) is 5.31. The van der Waals surface area contributed by atoms with Crippen LogP contribution in [-0.2, 0) is 16.1 Å². The van der Waals surface area contributed by atoms with E-state index in [1.165, 1.54) is 0 Å². The number of ether oxygens (including phenoxy) is 1. The average molecular weight is 381 g/mol. The van der Waals surface area contributed by atoms with E-state index in [2.05, 4.69) is 0 Å². The van der Waals surface area contributed by atoms with Gasteiger partial charge in [-0.25, -0.2) is 17.6 Å². The lowest BCUT2D eigenvalue weighted by molar-refractivity contribution is -0.147. The van der Waals surface area contributed by atoms with Gasteiger partial charge in [-0.3, -0.25) is 4.79 Å². The lowest BCUT2D eigenvalue weighted by Crippen LogP contribution is -2.14. The second-order valence-electron chi connectivity index (χ2n) is 7.03. The van der Waals surface area contributed by atoms with E-state index in [0.29, 0.717) is 5.57 Å². The van der Waals surface area contributed by atoms with Gasteiger partial charge >= 0.3 is 5.97 Å². The molecule has 0 radical (unpaired) electrons. The molecule has 0 heterocycles. The number of hydrogen-bond donors (Lipinski definition) is 0. The largest absolute Gasteiger partial charge is 0.460 e. The maximum absolute atomic E-state index is 13.9. The molecule has 1 fully saturated rings. The number of nitriles is 1. The summed E-state index contributed by atoms with van der Waals surface area (Å²) in [5.41, 5.74) is -1.88. The van der Waals surface area contributed by atoms with Crippen molar-refractivity contribution in [2.24, 2.45) is 17.3 Å². The summed E-state index contributed by atoms with van der Waals surface area (Å²) in [5, 5.41) is 9.08. The lowest BCUT2D eigenvalue weighted by atomic mass is 10.1. The molecule has 0 unspecified atom stereocenters. The number of benzene rings is 1. The van der Waals surface area contributed by atoms with Crippen molar-refractivity contribution in [3.05, 3.63) is 58.2 Å². The van der Waals surface area contributed by atoms with Gasteiger partial charge in [-0.15, -0.1) is 0 Å². The third-order valence-electron chi connectivity index (χ3n) is 4.93. The van der Waals surface area contributed by atoms with Crippen LogP contribution in [0, 0.1) is 58.8 Å². The summed E-state index contributed by atoms with van der Waals surface area (Å²) in [4.78, 5) is 12.3. The Morgan fingerprint density at radius 2 is 1.74 bits per heavy atom. The van der Waals surface area contributed by atoms with Gasteiger partial charge in [0.25, 0.3) is 0 Å². The molecule has 7 heteroatoms. The first-order valence-electron chi connectivity index (χ1n) is 8.30. The standard InChI is InChI=1S/C20H19F4NO2/c1-5-6-11(8-25)7-13-14(20(13,3)4)19(26)27-9-12-17(23)15(21)10(2)16(22)18(12)24/h5-7,13-14H,9H2,1-4H3/b6-5+,11-7-/t13-,14+/m1/s1. The Kier molecular flexibility index (Phi) is 5.79. The highest BCUT2D eigenvalue weighted by Gasteiger charge is 2.61. The molecule has 1 aliphatic carbocycles. The zero-order chi connectivity index (χ0) is 20.5. The fourth-order valence-corrected chi connectivity index (χ4v) is 3.09. The number of hydrogen-bond acceptors (Lipinski definition) is 3. The van der Waals surface area contributed by atoms with Crippen molar-refractivity contribution in [1.29, 1.82) is 5.26 Å². The van der Waals surface area contributed by atoms with E-state index in [1.807, 2.05) is 6.07 Å². The molecule has 0 N–H and O–H groups in total. The molecule has 0 spiro atoms. The van der Waals surface area contributed by atoms with E-state index in [0.717, 1.165) is 6.92 Å². The van der Waals surface area contributed by atoms with Crippen LogP contribution >= 0.6 is 0 Å². The summed E-state index contributed by atoms with van der Waals surface area (Å²) in [6.07, 6.45) is 4.92. The SMILES string of the molecule is C/C=C/C(C#N)=C/[C@@H]1[C@@H](C(=O)OCc2c(F)c(F)c(C)c(F)c2F)C1(C)C. The zero-order valence-electron chi connectivity index (χ0n) is 15.4. The van der Waals surface area contributed by atoms with E-state index >= 15 is 0 Å². The summed E-state index contributed by atoms with van der Waals surface area (Å²) in [5.74, 6) is -7.86. The average Bonchev–Trinajstić information content (AvgIpc) is 3.17. The van der Waals surface area contributed by atoms with Crippen LogP contribution in [-0.4, -0.2) is 5.97 Å². The number of rotatable bonds is 5. The molecule has 0 amide bonds. The minimum Gasteiger partial charge on any atom is -0.460 e. The Morgan fingerprint density at radius 1 is 1.19 bits per heavy atom. The maximum Gasteiger partial charge on any atom is 0.310 e. The van der Waals surface area contributed by atoms with Crippen molar-refractivity contribution in [2.45, 2.75) is 34.3 Å². The van der Waals surface area contributed by atoms with Crippen molar-refractivity contribution in [2.75, 3.05) is 0 Å². The lowest BCUT2D eigenvalue weighted by Gasteiger charge is -2.10. The summed E-state index contributed by atoms with van der Waals surface area (Å²) in [7, 11) is 0. The minimum atomic E-state index is -1.58. The van der Waals surface area contributed by atoms with E-state index in [1.54, 1.807) is 39.0 Å². The second kappa shape index (κ2) is 7.55. The molecule has 0 aromatic heterocycles. The molecule has 0 bridgehead atoms. The van der Waals surface area contributed by atoms with E-state index in [4.69, 9.17) is 10.00 Å². The number of halogens is 4. The third kappa shape index (κ3) is 3.75. The summed E-state index contributed by atoms with van der Waals surface area (Å²) >= 11 is 0. The van der Waals surface area contributed by atoms with Crippen LogP contribution in [0.1, 0.15) is 31.9 Å². The number of allylic oxidation sites excluding steroid dienone is 4. The van der Waals surface area contributed by atoms with Crippen molar-refractivity contribution < 1.29 is 27.1 Å². The predicted molar refractivity (Wildman–Crippen MR) is 90.1 cm³/mol. The van der Waals surface area contributed by atoms with Gasteiger partial charge in [-0.05, 0) is 31.3 Å². The predicted octanol–water partition coefficient (Wildman–Crippen LogP) is 4.89. The summed E-state index contributed by atoms with van der Waals surface area (Å²) < 4.78 is 59.9. The molecular weight excluding hydrogens is 362 g/mol. The van der Waals surface area contributed by atoms with Crippen LogP contribution in [0.4, 0.5) is 17.6 Å². The van der Waals surface area contributed by atoms with Crippen LogP contribution in [0.5, 0.6) is 0 Å². The first kappa shape index (κ1) is 20.7. The highest BCUT2D eigenvalue weighted by molar-refractivity contribution is 5.78. The Hall–Kier alpha value is -2.62. The Morgan fingerprint density at radius 3 is 2.22 bits per heavy atom. The molecule has 1 aromatic carbocycles. The molecule has 0 aliphatic heterocycles. The second-order valence-corrected chi connectivity index (χ2v) is 7.03. The molecular formula is C20H19F4NO2. The van der Waals surface area contributed by atoms with Gasteiger partial charge in [-0.2, -0.15) is 5.26 Å². The molecule has 0 saturated heterocycles. The monoisotopic (exact) mass is 381 g/mol. The molecule has 144 valence electrons. The Bertz CT molecular complexity index is 852. The van der Waals surface area contributed by atoms with Crippen LogP contribution in [0.2, 0.25) is 0 Å². The number of nitrogens with zero attached hydrogens (tertiary/aromatic N) is 1. The third-order valence-corrected chi connectivity index (χ3v) is 4.93. The van der Waals surface area contributed by atoms with Gasteiger partial charge < -0.3 is 4.74 Å². The summed E-state index contributed by atoms with van der Waals surface area (Å²) in [6, 6.07) is 2.00. The molecule has 1 saturated carbocycles. The Balaban J connectivity index is 2.17. The minimum absolute atomic E-state index is 0.294. The fourth-order valence-electron chi connectivity index (χ4n) is 3.09. The first-order valence-corrected chi connectivity index (χ1v) is 8.30. The highest BCUT2D eigenvalue weighted by Crippen LogP contribution is 2.60. The Labute approximate surface area is 154 Å². The van der Waals surface area contributed by atoms with Crippen molar-refractivity contribution in [3.63, 3.8) is 0 Å². The van der Waals surface area contributed by atoms with Gasteiger partial charge in [0, 0.05) is 11.1 Å². The molecule has 2 atom stereocenters. The van der Waals surface area contributed by atoms with Crippen molar-refractivity contribution in [1.82, 2.24) is 0 Å². The van der Waals surface area contributed by atoms with Crippen molar-refractivity contribution in [3.8, 4) is 6.07 Å². The fraction of sp³-hybridized carbons (Fsp3) is 0.400. The molecule has 1 aliphatic rings. The first-order chi connectivity index (χ1) is 12.6. The van der Waals surface area contributed by atoms with Crippen LogP contribution in [0.15, 0.2) is 23.8 Å². The quantitative estimate of drug-likeness (QED) is 0.240. The van der Waals surface area contributed by atoms with Gasteiger partial charge in [0.2, 0.25) is 0 Å². The van der Waals surface area contributed by atoms with E-state index < -0.39 is 58.3 Å². The number of carbonyl (C=O) groups is 1. The normalized spacial score (nSPS) is 21.2. The van der Waals surface area contributed by atoms with E-state index in [9.17, 15) is 22.4 Å². The van der Waals surface area contributed by atoms with Gasteiger partial charge in [0.15, 0.2) is 23.3 Å². The molecule has 27 heavy (non-hydrogen) atoms. The zero-order valence-corrected chi connectivity index (χ0v) is 15.4. The van der Waals surface area contributed by atoms with Gasteiger partial charge in [0.1, 0.15) is 6.61 Å². The van der Waals surface area contributed by atoms with Crippen molar-refractivity contribution >= 4 is 5.97 Å². The van der Waals surface area contributed by atoms with Crippen LogP contribution < -0.4 is 0 Å². The highest BCUT2D eigenvalue weighted by atomic mass is 19.2. The number of esters is 1. The van der Waals surface area contributed by atoms with Crippen LogP contribution in [0.25, 0.3) is 0 Å². The maximum atomic E-state index is 13.9. The van der Waals surface area contributed by atoms with Crippen LogP contribution in [0.3, 0.4) is 0 Å². The van der Waals surface area contributed by atoms with Gasteiger partial charge in [0.05, 0.1) is 17.6 Å². The smallest absolute Gasteiger partial charge is 0.310 e. The molecule has 2 rings (SSSR count). The topological polar surface area (TPSA) is 50.1 Å². The molecule has 1 aromatic rings. The number of carbonyl (C=O) groups excluding carboxylic acids is 1. The molecule has 3 nitrogen and oxygen atoms in total. The van der Waals surface area contributed by atoms with Gasteiger partial charge in [-0.1, -0.05) is 26.0 Å².